The van der Waals surface area contributed by atoms with Crippen LogP contribution in [0.15, 0.2) is 66.9 Å². The topological polar surface area (TPSA) is 101 Å². The lowest BCUT2D eigenvalue weighted by Crippen LogP contribution is -2.39. The normalized spacial score (nSPS) is 12.7. The summed E-state index contributed by atoms with van der Waals surface area (Å²) in [5.74, 6) is -1.62. The molecule has 7 nitrogen and oxygen atoms in total. The Morgan fingerprint density at radius 2 is 1.73 bits per heavy atom. The van der Waals surface area contributed by atoms with E-state index >= 15 is 0 Å². The first-order valence-electron chi connectivity index (χ1n) is 11.1. The van der Waals surface area contributed by atoms with Gasteiger partial charge in [-0.05, 0) is 48.4 Å². The van der Waals surface area contributed by atoms with Gasteiger partial charge >= 0.3 is 5.97 Å². The van der Waals surface area contributed by atoms with Gasteiger partial charge in [0.05, 0.1) is 0 Å². The highest BCUT2D eigenvalue weighted by molar-refractivity contribution is 5.92. The zero-order valence-electron chi connectivity index (χ0n) is 18.9. The van der Waals surface area contributed by atoms with Crippen molar-refractivity contribution in [2.24, 2.45) is 5.92 Å². The highest BCUT2D eigenvalue weighted by Gasteiger charge is 2.20. The molecule has 0 aliphatic heterocycles. The smallest absolute Gasteiger partial charge is 0.354 e. The summed E-state index contributed by atoms with van der Waals surface area (Å²) < 4.78 is 5.54. The molecule has 1 aromatic heterocycles. The molecule has 2 aromatic carbocycles. The molecule has 1 amide bonds. The summed E-state index contributed by atoms with van der Waals surface area (Å²) in [5, 5.41) is 12.1. The first-order valence-corrected chi connectivity index (χ1v) is 11.1. The van der Waals surface area contributed by atoms with Gasteiger partial charge in [-0.3, -0.25) is 4.79 Å². The zero-order chi connectivity index (χ0) is 23.6. The highest BCUT2D eigenvalue weighted by Crippen LogP contribution is 2.21. The van der Waals surface area contributed by atoms with Gasteiger partial charge in [-0.25, -0.2) is 14.8 Å². The number of carboxylic acids is 1. The molecule has 33 heavy (non-hydrogen) atoms. The maximum absolute atomic E-state index is 12.8. The lowest BCUT2D eigenvalue weighted by Gasteiger charge is -2.22. The van der Waals surface area contributed by atoms with Gasteiger partial charge in [0.15, 0.2) is 5.69 Å². The molecule has 0 radical (unpaired) electrons. The van der Waals surface area contributed by atoms with Gasteiger partial charge in [-0.2, -0.15) is 0 Å². The Labute approximate surface area is 193 Å². The molecule has 7 heteroatoms. The van der Waals surface area contributed by atoms with E-state index in [-0.39, 0.29) is 23.5 Å². The van der Waals surface area contributed by atoms with Crippen molar-refractivity contribution in [3.8, 4) is 11.1 Å². The van der Waals surface area contributed by atoms with Crippen LogP contribution in [0.3, 0.4) is 0 Å². The predicted octanol–water partition coefficient (Wildman–Crippen LogP) is 4.25. The summed E-state index contributed by atoms with van der Waals surface area (Å²) in [5.41, 5.74) is 3.15. The number of ether oxygens (including phenoxy) is 1. The number of amides is 1. The van der Waals surface area contributed by atoms with E-state index in [0.717, 1.165) is 16.7 Å². The first-order chi connectivity index (χ1) is 16.0. The molecule has 0 aliphatic carbocycles. The minimum atomic E-state index is -1.20. The Bertz CT molecular complexity index is 1050. The van der Waals surface area contributed by atoms with Crippen molar-refractivity contribution in [3.05, 3.63) is 83.9 Å². The van der Waals surface area contributed by atoms with Crippen molar-refractivity contribution >= 4 is 11.9 Å². The molecule has 172 valence electrons. The molecule has 3 aromatic rings. The molecular weight excluding hydrogens is 418 g/mol. The number of carbonyl (C=O) groups excluding carboxylic acids is 1. The number of aromatic carboxylic acids is 1. The average Bonchev–Trinajstić information content (AvgIpc) is 2.83. The molecule has 1 heterocycles. The second kappa shape index (κ2) is 11.9. The number of aromatic nitrogens is 2. The van der Waals surface area contributed by atoms with Crippen LogP contribution in [0.25, 0.3) is 11.1 Å². The monoisotopic (exact) mass is 447 g/mol. The van der Waals surface area contributed by atoms with E-state index in [1.807, 2.05) is 25.1 Å². The SMILES string of the molecule is CCOCC(C)CC(Cc1ccc(-c2ccccc2)cc1)NC(=O)c1nccc(C(=O)O)n1. The Morgan fingerprint density at radius 3 is 2.39 bits per heavy atom. The van der Waals surface area contributed by atoms with Crippen molar-refractivity contribution < 1.29 is 19.4 Å². The van der Waals surface area contributed by atoms with Crippen LogP contribution in [0.1, 0.15) is 46.9 Å². The molecule has 0 bridgehead atoms. The Morgan fingerprint density at radius 1 is 1.03 bits per heavy atom. The number of benzene rings is 2. The fraction of sp³-hybridized carbons (Fsp3) is 0.308. The van der Waals surface area contributed by atoms with E-state index < -0.39 is 11.9 Å². The van der Waals surface area contributed by atoms with Gasteiger partial charge in [0, 0.05) is 25.5 Å². The summed E-state index contributed by atoms with van der Waals surface area (Å²) in [7, 11) is 0. The molecule has 2 N–H and O–H groups in total. The maximum Gasteiger partial charge on any atom is 0.354 e. The molecule has 0 fully saturated rings. The lowest BCUT2D eigenvalue weighted by molar-refractivity contribution is 0.0690. The van der Waals surface area contributed by atoms with E-state index in [2.05, 4.69) is 58.6 Å². The lowest BCUT2D eigenvalue weighted by atomic mass is 9.95. The highest BCUT2D eigenvalue weighted by atomic mass is 16.5. The second-order valence-electron chi connectivity index (χ2n) is 8.01. The summed E-state index contributed by atoms with van der Waals surface area (Å²) in [6.07, 6.45) is 2.60. The molecule has 0 spiro atoms. The van der Waals surface area contributed by atoms with Gasteiger partial charge in [0.25, 0.3) is 5.91 Å². The molecule has 2 atom stereocenters. The number of carbonyl (C=O) groups is 2. The number of nitrogens with zero attached hydrogens (tertiary/aromatic N) is 2. The van der Waals surface area contributed by atoms with Gasteiger partial charge in [0.1, 0.15) is 0 Å². The van der Waals surface area contributed by atoms with Crippen LogP contribution in [0.2, 0.25) is 0 Å². The molecule has 0 saturated carbocycles. The van der Waals surface area contributed by atoms with Crippen LogP contribution in [-0.2, 0) is 11.2 Å². The fourth-order valence-electron chi connectivity index (χ4n) is 3.65. The van der Waals surface area contributed by atoms with E-state index in [0.29, 0.717) is 26.1 Å². The second-order valence-corrected chi connectivity index (χ2v) is 8.01. The molecule has 0 aliphatic rings. The van der Waals surface area contributed by atoms with Crippen LogP contribution < -0.4 is 5.32 Å². The first kappa shape index (κ1) is 24.1. The van der Waals surface area contributed by atoms with Gasteiger partial charge in [-0.15, -0.1) is 0 Å². The van der Waals surface area contributed by atoms with Gasteiger partial charge < -0.3 is 15.2 Å². The molecule has 0 saturated heterocycles. The third kappa shape index (κ3) is 7.22. The third-order valence-corrected chi connectivity index (χ3v) is 5.25. The third-order valence-electron chi connectivity index (χ3n) is 5.25. The summed E-state index contributed by atoms with van der Waals surface area (Å²) in [6, 6.07) is 19.5. The van der Waals surface area contributed by atoms with Crippen LogP contribution in [0, 0.1) is 5.92 Å². The fourth-order valence-corrected chi connectivity index (χ4v) is 3.65. The van der Waals surface area contributed by atoms with Crippen molar-refractivity contribution in [1.29, 1.82) is 0 Å². The quantitative estimate of drug-likeness (QED) is 0.456. The number of hydrogen-bond donors (Lipinski definition) is 2. The zero-order valence-corrected chi connectivity index (χ0v) is 18.9. The molecule has 2 unspecified atom stereocenters. The Kier molecular flexibility index (Phi) is 8.66. The standard InChI is InChI=1S/C26H29N3O4/c1-3-33-17-18(2)15-22(28-25(30)24-27-14-13-23(29-24)26(31)32)16-19-9-11-21(12-10-19)20-7-5-4-6-8-20/h4-14,18,22H,3,15-17H2,1-2H3,(H,28,30)(H,31,32). The predicted molar refractivity (Wildman–Crippen MR) is 126 cm³/mol. The number of carboxylic acid groups (broad SMARTS) is 1. The van der Waals surface area contributed by atoms with Crippen LogP contribution in [-0.4, -0.2) is 46.2 Å². The van der Waals surface area contributed by atoms with Gasteiger partial charge in [-0.1, -0.05) is 61.5 Å². The number of hydrogen-bond acceptors (Lipinski definition) is 5. The van der Waals surface area contributed by atoms with E-state index in [1.54, 1.807) is 0 Å². The maximum atomic E-state index is 12.8. The van der Waals surface area contributed by atoms with E-state index in [4.69, 9.17) is 9.84 Å². The van der Waals surface area contributed by atoms with Crippen LogP contribution in [0.5, 0.6) is 0 Å². The van der Waals surface area contributed by atoms with Crippen molar-refractivity contribution in [2.45, 2.75) is 32.7 Å². The average molecular weight is 448 g/mol. The van der Waals surface area contributed by atoms with Gasteiger partial charge in [0.2, 0.25) is 5.82 Å². The van der Waals surface area contributed by atoms with Crippen molar-refractivity contribution in [1.82, 2.24) is 15.3 Å². The number of nitrogens with one attached hydrogen (secondary N) is 1. The Balaban J connectivity index is 1.74. The van der Waals surface area contributed by atoms with Crippen LogP contribution in [0.4, 0.5) is 0 Å². The molecular formula is C26H29N3O4. The minimum absolute atomic E-state index is 0.156. The largest absolute Gasteiger partial charge is 0.477 e. The molecule has 3 rings (SSSR count). The minimum Gasteiger partial charge on any atom is -0.477 e. The summed E-state index contributed by atoms with van der Waals surface area (Å²) in [4.78, 5) is 31.8. The van der Waals surface area contributed by atoms with Crippen molar-refractivity contribution in [2.75, 3.05) is 13.2 Å². The summed E-state index contributed by atoms with van der Waals surface area (Å²) >= 11 is 0. The Hall–Kier alpha value is -3.58. The summed E-state index contributed by atoms with van der Waals surface area (Å²) in [6.45, 7) is 5.26. The van der Waals surface area contributed by atoms with Crippen LogP contribution >= 0.6 is 0 Å². The van der Waals surface area contributed by atoms with Crippen molar-refractivity contribution in [3.63, 3.8) is 0 Å². The van der Waals surface area contributed by atoms with E-state index in [1.165, 1.54) is 12.3 Å². The van der Waals surface area contributed by atoms with E-state index in [9.17, 15) is 9.59 Å². The number of rotatable bonds is 11.